The van der Waals surface area contributed by atoms with Gasteiger partial charge >= 0.3 is 0 Å². The van der Waals surface area contributed by atoms with Crippen molar-refractivity contribution in [3.63, 3.8) is 0 Å². The summed E-state index contributed by atoms with van der Waals surface area (Å²) >= 11 is 0. The van der Waals surface area contributed by atoms with E-state index in [0.29, 0.717) is 0 Å². The van der Waals surface area contributed by atoms with E-state index in [0.717, 1.165) is 16.0 Å². The van der Waals surface area contributed by atoms with Crippen LogP contribution in [0.25, 0.3) is 11.6 Å². The molecule has 1 N–H and O–H groups in total. The molecule has 2 heteroatoms. The monoisotopic (exact) mass is 209 g/mol. The average Bonchev–Trinajstić information content (AvgIpc) is 2.44. The Bertz CT molecular complexity index is 622. The average molecular weight is 209 g/mol. The van der Waals surface area contributed by atoms with Gasteiger partial charge in [-0.3, -0.25) is 4.79 Å². The van der Waals surface area contributed by atoms with Gasteiger partial charge in [-0.25, -0.2) is 0 Å². The van der Waals surface area contributed by atoms with Crippen LogP contribution in [0.5, 0.6) is 0 Å². The van der Waals surface area contributed by atoms with Gasteiger partial charge in [0.15, 0.2) is 0 Å². The lowest BCUT2D eigenvalue weighted by atomic mass is 9.99. The van der Waals surface area contributed by atoms with Crippen molar-refractivity contribution in [2.24, 2.45) is 0 Å². The van der Waals surface area contributed by atoms with Crippen molar-refractivity contribution >= 4 is 17.6 Å². The van der Waals surface area contributed by atoms with Gasteiger partial charge in [-0.2, -0.15) is 0 Å². The van der Waals surface area contributed by atoms with Gasteiger partial charge in [-0.15, -0.1) is 0 Å². The number of rotatable bonds is 0. The first kappa shape index (κ1) is 9.16. The minimum atomic E-state index is -0.0348. The van der Waals surface area contributed by atoms with Crippen LogP contribution in [0.2, 0.25) is 0 Å². The molecule has 1 aromatic rings. The Morgan fingerprint density at radius 1 is 1.12 bits per heavy atom. The Labute approximate surface area is 93.3 Å². The number of nitrogens with one attached hydrogen (secondary N) is 1. The van der Waals surface area contributed by atoms with Crippen LogP contribution in [0.4, 0.5) is 0 Å². The van der Waals surface area contributed by atoms with Crippen LogP contribution in [0.3, 0.4) is 0 Å². The lowest BCUT2D eigenvalue weighted by Crippen LogP contribution is -2.34. The highest BCUT2D eigenvalue weighted by Gasteiger charge is 2.16. The van der Waals surface area contributed by atoms with Crippen molar-refractivity contribution in [2.75, 3.05) is 0 Å². The van der Waals surface area contributed by atoms with Crippen LogP contribution >= 0.6 is 0 Å². The van der Waals surface area contributed by atoms with Gasteiger partial charge in [0.05, 0.1) is 6.04 Å². The highest BCUT2D eigenvalue weighted by molar-refractivity contribution is 6.06. The Morgan fingerprint density at radius 3 is 2.94 bits per heavy atom. The summed E-state index contributed by atoms with van der Waals surface area (Å²) < 4.78 is 0. The summed E-state index contributed by atoms with van der Waals surface area (Å²) in [6.07, 6.45) is 9.68. The number of fused-ring (bicyclic) bond motifs is 2. The molecular formula is C14H11NO. The van der Waals surface area contributed by atoms with E-state index in [4.69, 9.17) is 0 Å². The zero-order chi connectivity index (χ0) is 11.0. The Balaban J connectivity index is 2.42. The highest BCUT2D eigenvalue weighted by Crippen LogP contribution is 2.11. The molecular weight excluding hydrogens is 198 g/mol. The smallest absolute Gasteiger partial charge is 0.245 e. The molecule has 3 rings (SSSR count). The minimum absolute atomic E-state index is 0.00241. The molecule has 0 bridgehead atoms. The fraction of sp³-hybridized carbons (Fsp3) is 0.0714. The quantitative estimate of drug-likeness (QED) is 0.651. The molecule has 0 saturated carbocycles. The summed E-state index contributed by atoms with van der Waals surface area (Å²) in [5, 5.41) is 5.07. The van der Waals surface area contributed by atoms with E-state index in [-0.39, 0.29) is 11.9 Å². The molecule has 16 heavy (non-hydrogen) atoms. The lowest BCUT2D eigenvalue weighted by molar-refractivity contribution is -0.115. The fourth-order valence-corrected chi connectivity index (χ4v) is 2.15. The van der Waals surface area contributed by atoms with E-state index >= 15 is 0 Å². The Morgan fingerprint density at radius 2 is 2.00 bits per heavy atom. The summed E-state index contributed by atoms with van der Waals surface area (Å²) in [5.74, 6) is -0.0348. The summed E-state index contributed by atoms with van der Waals surface area (Å²) in [7, 11) is 0. The molecule has 78 valence electrons. The van der Waals surface area contributed by atoms with Gasteiger partial charge in [0.2, 0.25) is 5.91 Å². The zero-order valence-electron chi connectivity index (χ0n) is 8.68. The molecule has 2 aliphatic rings. The maximum Gasteiger partial charge on any atom is 0.245 e. The molecule has 2 nitrogen and oxygen atoms in total. The molecule has 0 radical (unpaired) electrons. The van der Waals surface area contributed by atoms with Crippen molar-refractivity contribution in [3.05, 3.63) is 59.0 Å². The van der Waals surface area contributed by atoms with Crippen LogP contribution in [-0.4, -0.2) is 11.9 Å². The van der Waals surface area contributed by atoms with E-state index in [1.54, 1.807) is 6.08 Å². The van der Waals surface area contributed by atoms with Crippen LogP contribution in [0, 0.1) is 0 Å². The number of hydrogen-bond donors (Lipinski definition) is 1. The second kappa shape index (κ2) is 3.49. The molecule has 1 heterocycles. The second-order valence-electron chi connectivity index (χ2n) is 3.92. The van der Waals surface area contributed by atoms with E-state index in [1.807, 2.05) is 36.4 Å². The number of hydrogen-bond acceptors (Lipinski definition) is 1. The van der Waals surface area contributed by atoms with Gasteiger partial charge in [0.25, 0.3) is 0 Å². The second-order valence-corrected chi connectivity index (χ2v) is 3.92. The van der Waals surface area contributed by atoms with Crippen molar-refractivity contribution in [1.29, 1.82) is 0 Å². The first-order chi connectivity index (χ1) is 7.84. The number of carbonyl (C=O) groups is 1. The molecule has 1 atom stereocenters. The molecule has 1 aromatic carbocycles. The van der Waals surface area contributed by atoms with Crippen LogP contribution in [0.1, 0.15) is 0 Å². The summed E-state index contributed by atoms with van der Waals surface area (Å²) in [6, 6.07) is 7.97. The van der Waals surface area contributed by atoms with Crippen LogP contribution in [0.15, 0.2) is 48.6 Å². The molecule has 1 unspecified atom stereocenters. The normalized spacial score (nSPS) is 21.6. The van der Waals surface area contributed by atoms with Crippen molar-refractivity contribution in [3.8, 4) is 0 Å². The zero-order valence-corrected chi connectivity index (χ0v) is 8.68. The standard InChI is InChI=1S/C14H11NO/c16-14-9-10-5-1-2-6-11(10)12-7-3-4-8-13(12)15-14/h1-9,13H,(H,15,16). The van der Waals surface area contributed by atoms with Crippen LogP contribution < -0.4 is 15.8 Å². The van der Waals surface area contributed by atoms with E-state index in [2.05, 4.69) is 17.5 Å². The molecule has 1 amide bonds. The first-order valence-electron chi connectivity index (χ1n) is 5.31. The van der Waals surface area contributed by atoms with Crippen molar-refractivity contribution in [2.45, 2.75) is 6.04 Å². The molecule has 0 saturated heterocycles. The number of benzene rings is 1. The highest BCUT2D eigenvalue weighted by atomic mass is 16.1. The van der Waals surface area contributed by atoms with Gasteiger partial charge in [0.1, 0.15) is 0 Å². The van der Waals surface area contributed by atoms with Gasteiger partial charge in [-0.1, -0.05) is 48.6 Å². The largest absolute Gasteiger partial charge is 0.342 e. The van der Waals surface area contributed by atoms with Gasteiger partial charge in [0, 0.05) is 6.08 Å². The summed E-state index contributed by atoms with van der Waals surface area (Å²) in [5.41, 5.74) is 1.15. The third-order valence-corrected chi connectivity index (χ3v) is 2.88. The Hall–Kier alpha value is -2.09. The van der Waals surface area contributed by atoms with E-state index in [1.165, 1.54) is 0 Å². The molecule has 0 aromatic heterocycles. The maximum absolute atomic E-state index is 11.7. The third-order valence-electron chi connectivity index (χ3n) is 2.88. The summed E-state index contributed by atoms with van der Waals surface area (Å²) in [6.45, 7) is 0. The topological polar surface area (TPSA) is 29.1 Å². The van der Waals surface area contributed by atoms with Crippen molar-refractivity contribution < 1.29 is 4.79 Å². The van der Waals surface area contributed by atoms with Crippen molar-refractivity contribution in [1.82, 2.24) is 5.32 Å². The number of amides is 1. The number of carbonyl (C=O) groups excluding carboxylic acids is 1. The van der Waals surface area contributed by atoms with Crippen LogP contribution in [-0.2, 0) is 4.79 Å². The molecule has 1 aliphatic heterocycles. The minimum Gasteiger partial charge on any atom is -0.342 e. The van der Waals surface area contributed by atoms with E-state index in [9.17, 15) is 4.79 Å². The predicted octanol–water partition coefficient (Wildman–Crippen LogP) is 0.242. The maximum atomic E-state index is 11.7. The predicted molar refractivity (Wildman–Crippen MR) is 63.8 cm³/mol. The van der Waals surface area contributed by atoms with Gasteiger partial charge in [-0.05, 0) is 16.0 Å². The van der Waals surface area contributed by atoms with Gasteiger partial charge < -0.3 is 5.32 Å². The Kier molecular flexibility index (Phi) is 2.00. The third kappa shape index (κ3) is 1.39. The fourth-order valence-electron chi connectivity index (χ4n) is 2.15. The summed E-state index contributed by atoms with van der Waals surface area (Å²) in [4.78, 5) is 11.7. The first-order valence-corrected chi connectivity index (χ1v) is 5.31. The SMILES string of the molecule is O=C1C=c2ccccc2=C2C=CC=CC2N1. The molecule has 1 aliphatic carbocycles. The number of allylic oxidation sites excluding steroid dienone is 2. The molecule has 0 fully saturated rings. The van der Waals surface area contributed by atoms with E-state index < -0.39 is 0 Å². The molecule has 0 spiro atoms. The lowest BCUT2D eigenvalue weighted by Gasteiger charge is -2.16.